The number of halogens is 3. The van der Waals surface area contributed by atoms with E-state index in [9.17, 15) is 13.2 Å². The summed E-state index contributed by atoms with van der Waals surface area (Å²) in [5, 5.41) is 11.2. The first-order chi connectivity index (χ1) is 8.32. The molecule has 0 atom stereocenters. The second-order valence-corrected chi connectivity index (χ2v) is 3.96. The molecule has 18 heavy (non-hydrogen) atoms. The van der Waals surface area contributed by atoms with E-state index in [1.807, 2.05) is 0 Å². The van der Waals surface area contributed by atoms with Gasteiger partial charge in [0.1, 0.15) is 0 Å². The smallest absolute Gasteiger partial charge is 0.409 e. The van der Waals surface area contributed by atoms with Crippen LogP contribution in [-0.4, -0.2) is 29.5 Å². The fourth-order valence-electron chi connectivity index (χ4n) is 1.47. The maximum Gasteiger partial charge on any atom is 0.416 e. The predicted molar refractivity (Wildman–Crippen MR) is 61.2 cm³/mol. The van der Waals surface area contributed by atoms with Crippen LogP contribution in [0.25, 0.3) is 0 Å². The Morgan fingerprint density at radius 3 is 2.33 bits per heavy atom. The van der Waals surface area contributed by atoms with Gasteiger partial charge in [0.15, 0.2) is 5.84 Å². The third-order valence-electron chi connectivity index (χ3n) is 2.29. The van der Waals surface area contributed by atoms with Gasteiger partial charge in [-0.3, -0.25) is 4.90 Å². The molecule has 100 valence electrons. The summed E-state index contributed by atoms with van der Waals surface area (Å²) < 4.78 is 37.0. The summed E-state index contributed by atoms with van der Waals surface area (Å²) in [6.07, 6.45) is -4.32. The zero-order valence-electron chi connectivity index (χ0n) is 9.78. The van der Waals surface area contributed by atoms with Gasteiger partial charge in [-0.05, 0) is 24.7 Å². The lowest BCUT2D eigenvalue weighted by Gasteiger charge is -2.16. The number of benzene rings is 1. The van der Waals surface area contributed by atoms with Crippen LogP contribution in [0.3, 0.4) is 0 Å². The van der Waals surface area contributed by atoms with E-state index < -0.39 is 11.7 Å². The molecule has 3 N–H and O–H groups in total. The summed E-state index contributed by atoms with van der Waals surface area (Å²) in [5.41, 5.74) is 5.36. The van der Waals surface area contributed by atoms with Crippen LogP contribution < -0.4 is 5.73 Å². The van der Waals surface area contributed by atoms with Gasteiger partial charge in [-0.25, -0.2) is 0 Å². The highest BCUT2D eigenvalue weighted by atomic mass is 19.4. The Balaban J connectivity index is 2.64. The van der Waals surface area contributed by atoms with Gasteiger partial charge in [0.25, 0.3) is 0 Å². The van der Waals surface area contributed by atoms with Crippen molar-refractivity contribution in [2.24, 2.45) is 10.9 Å². The third-order valence-corrected chi connectivity index (χ3v) is 2.29. The van der Waals surface area contributed by atoms with Gasteiger partial charge in [-0.15, -0.1) is 0 Å². The summed E-state index contributed by atoms with van der Waals surface area (Å²) in [5.74, 6) is 0.0458. The minimum absolute atomic E-state index is 0.0458. The monoisotopic (exact) mass is 261 g/mol. The van der Waals surface area contributed by atoms with Crippen LogP contribution in [-0.2, 0) is 12.7 Å². The van der Waals surface area contributed by atoms with E-state index in [-0.39, 0.29) is 12.4 Å². The summed E-state index contributed by atoms with van der Waals surface area (Å²) in [6.45, 7) is 0.645. The van der Waals surface area contributed by atoms with Crippen LogP contribution in [0.2, 0.25) is 0 Å². The highest BCUT2D eigenvalue weighted by Crippen LogP contribution is 2.29. The number of hydrogen-bond donors (Lipinski definition) is 2. The molecule has 0 unspecified atom stereocenters. The molecule has 0 aliphatic heterocycles. The van der Waals surface area contributed by atoms with E-state index in [1.165, 1.54) is 12.1 Å². The Bertz CT molecular complexity index is 415. The molecule has 4 nitrogen and oxygen atoms in total. The van der Waals surface area contributed by atoms with Crippen molar-refractivity contribution in [1.82, 2.24) is 4.90 Å². The van der Waals surface area contributed by atoms with Crippen LogP contribution in [0.1, 0.15) is 11.1 Å². The second-order valence-electron chi connectivity index (χ2n) is 3.96. The molecule has 0 bridgehead atoms. The molecule has 0 saturated carbocycles. The van der Waals surface area contributed by atoms with E-state index in [4.69, 9.17) is 10.9 Å². The lowest BCUT2D eigenvalue weighted by molar-refractivity contribution is -0.137. The molecule has 0 spiro atoms. The number of amidine groups is 1. The first-order valence-electron chi connectivity index (χ1n) is 5.14. The number of hydrogen-bond acceptors (Lipinski definition) is 3. The number of alkyl halides is 3. The zero-order chi connectivity index (χ0) is 13.8. The van der Waals surface area contributed by atoms with Gasteiger partial charge < -0.3 is 10.9 Å². The van der Waals surface area contributed by atoms with Crippen LogP contribution in [0, 0.1) is 0 Å². The van der Waals surface area contributed by atoms with Crippen molar-refractivity contribution < 1.29 is 18.4 Å². The quantitative estimate of drug-likeness (QED) is 0.376. The van der Waals surface area contributed by atoms with Gasteiger partial charge in [-0.2, -0.15) is 13.2 Å². The van der Waals surface area contributed by atoms with E-state index in [0.717, 1.165) is 17.7 Å². The Labute approximate surface area is 102 Å². The van der Waals surface area contributed by atoms with E-state index in [1.54, 1.807) is 11.9 Å². The molecular formula is C11H14F3N3O. The summed E-state index contributed by atoms with van der Waals surface area (Å²) in [6, 6.07) is 4.89. The van der Waals surface area contributed by atoms with Gasteiger partial charge in [0.05, 0.1) is 12.1 Å². The average molecular weight is 261 g/mol. The number of nitrogens with zero attached hydrogens (tertiary/aromatic N) is 2. The topological polar surface area (TPSA) is 61.8 Å². The number of nitrogens with two attached hydrogens (primary N) is 1. The molecule has 1 aromatic rings. The zero-order valence-corrected chi connectivity index (χ0v) is 9.78. The maximum atomic E-state index is 12.3. The highest BCUT2D eigenvalue weighted by Gasteiger charge is 2.29. The molecule has 0 heterocycles. The summed E-state index contributed by atoms with van der Waals surface area (Å²) in [7, 11) is 1.72. The highest BCUT2D eigenvalue weighted by molar-refractivity contribution is 5.81. The Morgan fingerprint density at radius 1 is 1.33 bits per heavy atom. The fourth-order valence-corrected chi connectivity index (χ4v) is 1.47. The molecule has 0 amide bonds. The van der Waals surface area contributed by atoms with Gasteiger partial charge in [0.2, 0.25) is 0 Å². The normalized spacial score (nSPS) is 13.1. The van der Waals surface area contributed by atoms with Crippen molar-refractivity contribution in [3.8, 4) is 0 Å². The lowest BCUT2D eigenvalue weighted by atomic mass is 10.1. The van der Waals surface area contributed by atoms with Crippen molar-refractivity contribution >= 4 is 5.84 Å². The largest absolute Gasteiger partial charge is 0.416 e. The van der Waals surface area contributed by atoms with E-state index in [2.05, 4.69) is 5.16 Å². The van der Waals surface area contributed by atoms with Crippen molar-refractivity contribution in [3.63, 3.8) is 0 Å². The second kappa shape index (κ2) is 5.72. The van der Waals surface area contributed by atoms with Crippen LogP contribution in [0.5, 0.6) is 0 Å². The van der Waals surface area contributed by atoms with Crippen molar-refractivity contribution in [2.45, 2.75) is 12.7 Å². The SMILES string of the molecule is CN(CC(N)=NO)Cc1ccc(C(F)(F)F)cc1. The Kier molecular flexibility index (Phi) is 4.55. The molecule has 1 aromatic carbocycles. The number of rotatable bonds is 4. The minimum atomic E-state index is -4.32. The van der Waals surface area contributed by atoms with Gasteiger partial charge in [0, 0.05) is 6.54 Å². The summed E-state index contributed by atoms with van der Waals surface area (Å²) >= 11 is 0. The van der Waals surface area contributed by atoms with Crippen molar-refractivity contribution in [1.29, 1.82) is 0 Å². The molecule has 1 rings (SSSR count). The molecule has 0 fully saturated rings. The first-order valence-corrected chi connectivity index (χ1v) is 5.14. The lowest BCUT2D eigenvalue weighted by Crippen LogP contribution is -2.30. The molecule has 7 heteroatoms. The summed E-state index contributed by atoms with van der Waals surface area (Å²) in [4.78, 5) is 1.72. The molecular weight excluding hydrogens is 247 g/mol. The van der Waals surface area contributed by atoms with E-state index in [0.29, 0.717) is 6.54 Å². The van der Waals surface area contributed by atoms with E-state index >= 15 is 0 Å². The first kappa shape index (κ1) is 14.3. The van der Waals surface area contributed by atoms with Crippen LogP contribution in [0.4, 0.5) is 13.2 Å². The molecule has 0 aliphatic rings. The Hall–Kier alpha value is -1.76. The minimum Gasteiger partial charge on any atom is -0.409 e. The molecule has 0 saturated heterocycles. The predicted octanol–water partition coefficient (Wildman–Crippen LogP) is 1.88. The van der Waals surface area contributed by atoms with Crippen molar-refractivity contribution in [2.75, 3.05) is 13.6 Å². The van der Waals surface area contributed by atoms with Crippen LogP contribution >= 0.6 is 0 Å². The van der Waals surface area contributed by atoms with Gasteiger partial charge >= 0.3 is 6.18 Å². The standard InChI is InChI=1S/C11H14F3N3O/c1-17(7-10(15)16-18)6-8-2-4-9(5-3-8)11(12,13)14/h2-5,18H,6-7H2,1H3,(H2,15,16). The van der Waals surface area contributed by atoms with Crippen LogP contribution in [0.15, 0.2) is 29.4 Å². The molecule has 0 aliphatic carbocycles. The number of oxime groups is 1. The molecule has 0 radical (unpaired) electrons. The maximum absolute atomic E-state index is 12.3. The average Bonchev–Trinajstić information content (AvgIpc) is 2.28. The van der Waals surface area contributed by atoms with Gasteiger partial charge in [-0.1, -0.05) is 17.3 Å². The Morgan fingerprint density at radius 2 is 1.89 bits per heavy atom. The third kappa shape index (κ3) is 4.25. The fraction of sp³-hybridized carbons (Fsp3) is 0.364. The van der Waals surface area contributed by atoms with Crippen molar-refractivity contribution in [3.05, 3.63) is 35.4 Å². The number of likely N-dealkylation sites (N-methyl/N-ethyl adjacent to an activating group) is 1. The molecule has 0 aromatic heterocycles.